The second-order valence-corrected chi connectivity index (χ2v) is 6.63. The molecule has 7 heteroatoms. The molecule has 0 spiro atoms. The number of nitrogens with zero attached hydrogens (tertiary/aromatic N) is 2. The summed E-state index contributed by atoms with van der Waals surface area (Å²) in [7, 11) is 3.06. The summed E-state index contributed by atoms with van der Waals surface area (Å²) in [6.07, 6.45) is 0. The molecule has 1 amide bonds. The average molecular weight is 393 g/mol. The van der Waals surface area contributed by atoms with Crippen LogP contribution < -0.4 is 20.3 Å². The first-order valence-electron chi connectivity index (χ1n) is 9.12. The number of carbonyl (C=O) groups is 1. The summed E-state index contributed by atoms with van der Waals surface area (Å²) in [6.45, 7) is 3.62. The minimum absolute atomic E-state index is 0.355. The van der Waals surface area contributed by atoms with E-state index in [1.165, 1.54) is 25.0 Å². The Morgan fingerprint density at radius 2 is 1.62 bits per heavy atom. The molecule has 3 aromatic rings. The van der Waals surface area contributed by atoms with Crippen LogP contribution in [0.25, 0.3) is 11.3 Å². The maximum absolute atomic E-state index is 12.8. The van der Waals surface area contributed by atoms with Gasteiger partial charge in [-0.2, -0.15) is 5.10 Å². The second kappa shape index (κ2) is 8.60. The van der Waals surface area contributed by atoms with Crippen molar-refractivity contribution in [3.63, 3.8) is 0 Å². The molecule has 0 aliphatic carbocycles. The summed E-state index contributed by atoms with van der Waals surface area (Å²) in [4.78, 5) is 25.1. The summed E-state index contributed by atoms with van der Waals surface area (Å²) in [5, 5.41) is 7.18. The lowest BCUT2D eigenvalue weighted by atomic mass is 10.1. The molecule has 1 unspecified atom stereocenters. The minimum atomic E-state index is -0.815. The molecule has 0 radical (unpaired) electrons. The number of hydrogen-bond acceptors (Lipinski definition) is 5. The number of aryl methyl sites for hydroxylation is 1. The maximum Gasteiger partial charge on any atom is 0.267 e. The Bertz CT molecular complexity index is 1050. The number of anilines is 1. The van der Waals surface area contributed by atoms with Crippen LogP contribution >= 0.6 is 0 Å². The highest BCUT2D eigenvalue weighted by atomic mass is 16.5. The molecule has 0 saturated carbocycles. The smallest absolute Gasteiger partial charge is 0.267 e. The highest BCUT2D eigenvalue weighted by Gasteiger charge is 2.19. The summed E-state index contributed by atoms with van der Waals surface area (Å²) >= 11 is 0. The topological polar surface area (TPSA) is 82.5 Å². The first-order valence-corrected chi connectivity index (χ1v) is 9.12. The van der Waals surface area contributed by atoms with Crippen molar-refractivity contribution >= 4 is 11.6 Å². The average Bonchev–Trinajstić information content (AvgIpc) is 2.73. The Hall–Kier alpha value is -3.61. The Kier molecular flexibility index (Phi) is 5.97. The molecule has 0 fully saturated rings. The van der Waals surface area contributed by atoms with Crippen LogP contribution in [0.1, 0.15) is 18.5 Å². The molecule has 0 aliphatic heterocycles. The first kappa shape index (κ1) is 20.1. The number of amides is 1. The molecule has 7 nitrogen and oxygen atoms in total. The van der Waals surface area contributed by atoms with E-state index in [0.29, 0.717) is 22.9 Å². The maximum atomic E-state index is 12.8. The summed E-state index contributed by atoms with van der Waals surface area (Å²) in [5.74, 6) is 0.712. The van der Waals surface area contributed by atoms with E-state index in [9.17, 15) is 9.59 Å². The van der Waals surface area contributed by atoms with Gasteiger partial charge >= 0.3 is 0 Å². The molecule has 1 heterocycles. The fraction of sp³-hybridized carbons (Fsp3) is 0.227. The quantitative estimate of drug-likeness (QED) is 0.694. The predicted octanol–water partition coefficient (Wildman–Crippen LogP) is 3.44. The number of carbonyl (C=O) groups excluding carboxylic acids is 1. The summed E-state index contributed by atoms with van der Waals surface area (Å²) < 4.78 is 11.6. The summed E-state index contributed by atoms with van der Waals surface area (Å²) in [6, 6.07) is 15.1. The van der Waals surface area contributed by atoms with Crippen LogP contribution in [0.2, 0.25) is 0 Å². The van der Waals surface area contributed by atoms with Crippen molar-refractivity contribution in [3.05, 3.63) is 70.5 Å². The number of hydrogen-bond donors (Lipinski definition) is 1. The fourth-order valence-electron chi connectivity index (χ4n) is 2.82. The van der Waals surface area contributed by atoms with Crippen LogP contribution in [0.4, 0.5) is 5.69 Å². The van der Waals surface area contributed by atoms with Gasteiger partial charge in [0.05, 0.1) is 19.9 Å². The first-order chi connectivity index (χ1) is 13.9. The number of ether oxygens (including phenoxy) is 2. The van der Waals surface area contributed by atoms with Crippen molar-refractivity contribution < 1.29 is 14.3 Å². The lowest BCUT2D eigenvalue weighted by Gasteiger charge is -2.16. The van der Waals surface area contributed by atoms with Gasteiger partial charge in [-0.3, -0.25) is 9.59 Å². The fourth-order valence-corrected chi connectivity index (χ4v) is 2.82. The standard InChI is InChI=1S/C22H23N3O4/c1-14-5-7-16(8-6-14)20-9-10-21(26)25(24-20)15(2)22(27)23-17-11-18(28-3)13-19(12-17)29-4/h5-13,15H,1-4H3,(H,23,27). The van der Waals surface area contributed by atoms with Crippen LogP contribution in [-0.2, 0) is 4.79 Å². The van der Waals surface area contributed by atoms with E-state index in [1.807, 2.05) is 31.2 Å². The predicted molar refractivity (Wildman–Crippen MR) is 112 cm³/mol. The molecule has 1 N–H and O–H groups in total. The van der Waals surface area contributed by atoms with E-state index in [-0.39, 0.29) is 11.5 Å². The third-order valence-corrected chi connectivity index (χ3v) is 4.54. The second-order valence-electron chi connectivity index (χ2n) is 6.63. The molecule has 0 bridgehead atoms. The largest absolute Gasteiger partial charge is 0.497 e. The Morgan fingerprint density at radius 1 is 1.00 bits per heavy atom. The van der Waals surface area contributed by atoms with Crippen LogP contribution in [-0.4, -0.2) is 29.9 Å². The van der Waals surface area contributed by atoms with Crippen LogP contribution in [0.3, 0.4) is 0 Å². The normalized spacial score (nSPS) is 11.6. The summed E-state index contributed by atoms with van der Waals surface area (Å²) in [5.41, 5.74) is 2.76. The lowest BCUT2D eigenvalue weighted by Crippen LogP contribution is -2.33. The molecule has 3 rings (SSSR count). The lowest BCUT2D eigenvalue weighted by molar-refractivity contribution is -0.119. The zero-order valence-corrected chi connectivity index (χ0v) is 16.8. The third-order valence-electron chi connectivity index (χ3n) is 4.54. The van der Waals surface area contributed by atoms with Crippen molar-refractivity contribution in [3.8, 4) is 22.8 Å². The van der Waals surface area contributed by atoms with E-state index in [2.05, 4.69) is 10.4 Å². The van der Waals surface area contributed by atoms with E-state index in [1.54, 1.807) is 31.2 Å². The van der Waals surface area contributed by atoms with Crippen molar-refractivity contribution in [1.82, 2.24) is 9.78 Å². The van der Waals surface area contributed by atoms with Crippen LogP contribution in [0, 0.1) is 6.92 Å². The Labute approximate surface area is 168 Å². The van der Waals surface area contributed by atoms with Crippen molar-refractivity contribution in [2.75, 3.05) is 19.5 Å². The van der Waals surface area contributed by atoms with Crippen molar-refractivity contribution in [1.29, 1.82) is 0 Å². The van der Waals surface area contributed by atoms with Gasteiger partial charge in [-0.25, -0.2) is 4.68 Å². The minimum Gasteiger partial charge on any atom is -0.497 e. The number of methoxy groups -OCH3 is 2. The van der Waals surface area contributed by atoms with E-state index >= 15 is 0 Å². The highest BCUT2D eigenvalue weighted by Crippen LogP contribution is 2.26. The Balaban J connectivity index is 1.87. The van der Waals surface area contributed by atoms with Gasteiger partial charge in [0.1, 0.15) is 17.5 Å². The van der Waals surface area contributed by atoms with Gasteiger partial charge < -0.3 is 14.8 Å². The zero-order chi connectivity index (χ0) is 21.0. The molecule has 1 aromatic heterocycles. The van der Waals surface area contributed by atoms with Gasteiger partial charge in [-0.1, -0.05) is 29.8 Å². The molecule has 0 saturated heterocycles. The third kappa shape index (κ3) is 4.63. The SMILES string of the molecule is COc1cc(NC(=O)C(C)n2nc(-c3ccc(C)cc3)ccc2=O)cc(OC)c1. The van der Waals surface area contributed by atoms with Crippen molar-refractivity contribution in [2.45, 2.75) is 19.9 Å². The number of nitrogens with one attached hydrogen (secondary N) is 1. The van der Waals surface area contributed by atoms with Gasteiger partial charge in [0.15, 0.2) is 0 Å². The number of benzene rings is 2. The number of aromatic nitrogens is 2. The molecule has 1 atom stereocenters. The molecular formula is C22H23N3O4. The molecule has 150 valence electrons. The Morgan fingerprint density at radius 3 is 2.21 bits per heavy atom. The molecule has 29 heavy (non-hydrogen) atoms. The molecule has 2 aromatic carbocycles. The van der Waals surface area contributed by atoms with E-state index < -0.39 is 6.04 Å². The van der Waals surface area contributed by atoms with Gasteiger partial charge in [-0.15, -0.1) is 0 Å². The monoisotopic (exact) mass is 393 g/mol. The van der Waals surface area contributed by atoms with E-state index in [4.69, 9.17) is 9.47 Å². The molecule has 0 aliphatic rings. The highest BCUT2D eigenvalue weighted by molar-refractivity contribution is 5.93. The number of rotatable bonds is 6. The van der Waals surface area contributed by atoms with Gasteiger partial charge in [0.25, 0.3) is 5.56 Å². The van der Waals surface area contributed by atoms with Gasteiger partial charge in [0.2, 0.25) is 5.91 Å². The zero-order valence-electron chi connectivity index (χ0n) is 16.8. The van der Waals surface area contributed by atoms with Crippen molar-refractivity contribution in [2.24, 2.45) is 0 Å². The van der Waals surface area contributed by atoms with Gasteiger partial charge in [0, 0.05) is 35.5 Å². The molecular weight excluding hydrogens is 370 g/mol. The van der Waals surface area contributed by atoms with Crippen LogP contribution in [0.15, 0.2) is 59.4 Å². The van der Waals surface area contributed by atoms with Crippen LogP contribution in [0.5, 0.6) is 11.5 Å². The van der Waals surface area contributed by atoms with Gasteiger partial charge in [-0.05, 0) is 19.9 Å². The van der Waals surface area contributed by atoms with E-state index in [0.717, 1.165) is 11.1 Å².